The summed E-state index contributed by atoms with van der Waals surface area (Å²) >= 11 is 6.97. The molecule has 110 valence electrons. The van der Waals surface area contributed by atoms with Gasteiger partial charge in [-0.25, -0.2) is 0 Å². The van der Waals surface area contributed by atoms with Crippen molar-refractivity contribution in [1.82, 2.24) is 0 Å². The van der Waals surface area contributed by atoms with Gasteiger partial charge in [0.2, 0.25) is 11.6 Å². The summed E-state index contributed by atoms with van der Waals surface area (Å²) in [5, 5.41) is -0.754. The average molecular weight is 325 g/mol. The Hall–Kier alpha value is -1.59. The molecule has 0 bridgehead atoms. The zero-order chi connectivity index (χ0) is 15.6. The van der Waals surface area contributed by atoms with Crippen LogP contribution in [0.25, 0.3) is 0 Å². The van der Waals surface area contributed by atoms with E-state index in [1.807, 2.05) is 0 Å². The van der Waals surface area contributed by atoms with Gasteiger partial charge in [0.25, 0.3) is 0 Å². The first kappa shape index (κ1) is 15.8. The number of carbonyl (C=O) groups is 3. The molecular formula is C15H13ClO4S. The van der Waals surface area contributed by atoms with Crippen LogP contribution in [-0.2, 0) is 9.53 Å². The molecule has 0 aromatic heterocycles. The van der Waals surface area contributed by atoms with Crippen LogP contribution in [0.1, 0.15) is 34.6 Å². The normalized spacial score (nSPS) is 15.8. The van der Waals surface area contributed by atoms with Crippen LogP contribution >= 0.6 is 23.4 Å². The minimum Gasteiger partial charge on any atom is -0.465 e. The maximum absolute atomic E-state index is 12.4. The Morgan fingerprint density at radius 2 is 1.81 bits per heavy atom. The summed E-state index contributed by atoms with van der Waals surface area (Å²) in [5.41, 5.74) is 0.603. The van der Waals surface area contributed by atoms with Gasteiger partial charge < -0.3 is 4.74 Å². The van der Waals surface area contributed by atoms with Crippen molar-refractivity contribution in [2.45, 2.75) is 19.1 Å². The summed E-state index contributed by atoms with van der Waals surface area (Å²) < 4.78 is 4.89. The first-order chi connectivity index (χ1) is 9.97. The van der Waals surface area contributed by atoms with E-state index in [9.17, 15) is 14.4 Å². The van der Waals surface area contributed by atoms with Crippen LogP contribution in [0, 0.1) is 0 Å². The van der Waals surface area contributed by atoms with E-state index in [0.717, 1.165) is 11.8 Å². The molecule has 1 aromatic carbocycles. The second-order valence-corrected chi connectivity index (χ2v) is 6.09. The highest BCUT2D eigenvalue weighted by Crippen LogP contribution is 2.36. The lowest BCUT2D eigenvalue weighted by atomic mass is 9.95. The van der Waals surface area contributed by atoms with E-state index < -0.39 is 17.0 Å². The van der Waals surface area contributed by atoms with Crippen LogP contribution in [0.5, 0.6) is 0 Å². The summed E-state index contributed by atoms with van der Waals surface area (Å²) in [6.07, 6.45) is 0. The van der Waals surface area contributed by atoms with Gasteiger partial charge in [-0.2, -0.15) is 0 Å². The van der Waals surface area contributed by atoms with Gasteiger partial charge in [0, 0.05) is 11.1 Å². The van der Waals surface area contributed by atoms with Crippen molar-refractivity contribution < 1.29 is 19.1 Å². The van der Waals surface area contributed by atoms with E-state index in [1.165, 1.54) is 0 Å². The molecular weight excluding hydrogens is 312 g/mol. The van der Waals surface area contributed by atoms with Gasteiger partial charge in [-0.3, -0.25) is 14.4 Å². The van der Waals surface area contributed by atoms with E-state index in [-0.39, 0.29) is 22.3 Å². The van der Waals surface area contributed by atoms with Gasteiger partial charge in [0.1, 0.15) is 10.3 Å². The zero-order valence-electron chi connectivity index (χ0n) is 11.5. The van der Waals surface area contributed by atoms with Crippen LogP contribution in [0.2, 0.25) is 0 Å². The fourth-order valence-corrected chi connectivity index (χ4v) is 3.16. The minimum atomic E-state index is -0.615. The van der Waals surface area contributed by atoms with Crippen LogP contribution < -0.4 is 0 Å². The number of ether oxygens (including phenoxy) is 1. The maximum atomic E-state index is 12.4. The average Bonchev–Trinajstić information content (AvgIpc) is 2.49. The molecule has 1 atom stereocenters. The van der Waals surface area contributed by atoms with Crippen LogP contribution in [0.4, 0.5) is 0 Å². The Bertz CT molecular complexity index is 651. The Morgan fingerprint density at radius 3 is 2.38 bits per heavy atom. The van der Waals surface area contributed by atoms with E-state index in [2.05, 4.69) is 0 Å². The number of thioether (sulfide) groups is 1. The number of halogens is 1. The summed E-state index contributed by atoms with van der Waals surface area (Å²) in [4.78, 5) is 36.3. The summed E-state index contributed by atoms with van der Waals surface area (Å²) in [6.45, 7) is 3.57. The van der Waals surface area contributed by atoms with E-state index >= 15 is 0 Å². The van der Waals surface area contributed by atoms with Crippen molar-refractivity contribution in [3.05, 3.63) is 45.3 Å². The van der Waals surface area contributed by atoms with Gasteiger partial charge in [-0.15, -0.1) is 11.8 Å². The van der Waals surface area contributed by atoms with E-state index in [0.29, 0.717) is 11.1 Å². The van der Waals surface area contributed by atoms with Crippen molar-refractivity contribution >= 4 is 40.9 Å². The monoisotopic (exact) mass is 324 g/mol. The van der Waals surface area contributed by atoms with Gasteiger partial charge in [-0.1, -0.05) is 35.9 Å². The Balaban J connectivity index is 2.32. The van der Waals surface area contributed by atoms with Crippen LogP contribution in [-0.4, -0.2) is 29.4 Å². The predicted octanol–water partition coefficient (Wildman–Crippen LogP) is 3.20. The van der Waals surface area contributed by atoms with Crippen molar-refractivity contribution in [2.75, 3.05) is 6.61 Å². The molecule has 1 aliphatic carbocycles. The number of Topliss-reactive ketones (excluding diaryl/α,β-unsaturated/α-hetero) is 2. The van der Waals surface area contributed by atoms with Crippen molar-refractivity contribution in [3.8, 4) is 0 Å². The second kappa shape index (κ2) is 6.45. The number of fused-ring (bicyclic) bond motifs is 1. The van der Waals surface area contributed by atoms with E-state index in [1.54, 1.807) is 38.1 Å². The van der Waals surface area contributed by atoms with Crippen LogP contribution in [0.15, 0.2) is 34.2 Å². The Labute approximate surface area is 131 Å². The van der Waals surface area contributed by atoms with Crippen LogP contribution in [0.3, 0.4) is 0 Å². The first-order valence-electron chi connectivity index (χ1n) is 6.38. The third-order valence-corrected chi connectivity index (χ3v) is 4.58. The molecule has 4 nitrogen and oxygen atoms in total. The molecule has 1 aliphatic rings. The molecule has 0 spiro atoms. The van der Waals surface area contributed by atoms with Gasteiger partial charge in [-0.05, 0) is 13.8 Å². The largest absolute Gasteiger partial charge is 0.465 e. The molecule has 6 heteroatoms. The summed E-state index contributed by atoms with van der Waals surface area (Å²) in [7, 11) is 0. The lowest BCUT2D eigenvalue weighted by Gasteiger charge is -2.19. The predicted molar refractivity (Wildman–Crippen MR) is 81.7 cm³/mol. The molecule has 0 N–H and O–H groups in total. The highest BCUT2D eigenvalue weighted by Gasteiger charge is 2.33. The Morgan fingerprint density at radius 1 is 1.24 bits per heavy atom. The standard InChI is InChI=1S/C15H13ClO4S/c1-3-20-15(19)8(2)21-14-11(16)12(17)9-6-4-5-7-10(9)13(14)18/h4-8H,3H2,1-2H3. The van der Waals surface area contributed by atoms with Gasteiger partial charge in [0.05, 0.1) is 11.5 Å². The molecule has 0 saturated heterocycles. The number of rotatable bonds is 4. The number of esters is 1. The van der Waals surface area contributed by atoms with E-state index in [4.69, 9.17) is 16.3 Å². The molecule has 1 aromatic rings. The second-order valence-electron chi connectivity index (χ2n) is 4.36. The van der Waals surface area contributed by atoms with Crippen molar-refractivity contribution in [3.63, 3.8) is 0 Å². The minimum absolute atomic E-state index is 0.0981. The third kappa shape index (κ3) is 3.04. The fourth-order valence-electron chi connectivity index (χ4n) is 1.91. The molecule has 21 heavy (non-hydrogen) atoms. The summed E-state index contributed by atoms with van der Waals surface area (Å²) in [6, 6.07) is 6.50. The number of benzene rings is 1. The number of carbonyl (C=O) groups excluding carboxylic acids is 3. The molecule has 0 amide bonds. The topological polar surface area (TPSA) is 60.4 Å². The van der Waals surface area contributed by atoms with Crippen molar-refractivity contribution in [2.24, 2.45) is 0 Å². The first-order valence-corrected chi connectivity index (χ1v) is 7.64. The lowest BCUT2D eigenvalue weighted by Crippen LogP contribution is -2.22. The van der Waals surface area contributed by atoms with Gasteiger partial charge >= 0.3 is 5.97 Å². The summed E-state index contributed by atoms with van der Waals surface area (Å²) in [5.74, 6) is -1.18. The quantitative estimate of drug-likeness (QED) is 0.796. The molecule has 0 saturated carbocycles. The third-order valence-electron chi connectivity index (χ3n) is 2.93. The molecule has 2 rings (SSSR count). The molecule has 0 aliphatic heterocycles. The van der Waals surface area contributed by atoms with Crippen molar-refractivity contribution in [1.29, 1.82) is 0 Å². The highest BCUT2D eigenvalue weighted by atomic mass is 35.5. The zero-order valence-corrected chi connectivity index (χ0v) is 13.1. The number of ketones is 2. The highest BCUT2D eigenvalue weighted by molar-refractivity contribution is 8.05. The number of allylic oxidation sites excluding steroid dienone is 2. The smallest absolute Gasteiger partial charge is 0.319 e. The number of hydrogen-bond acceptors (Lipinski definition) is 5. The molecule has 0 heterocycles. The Kier molecular flexibility index (Phi) is 4.85. The molecule has 0 fully saturated rings. The molecule has 1 unspecified atom stereocenters. The fraction of sp³-hybridized carbons (Fsp3) is 0.267. The molecule has 0 radical (unpaired) electrons. The lowest BCUT2D eigenvalue weighted by molar-refractivity contribution is -0.142. The SMILES string of the molecule is CCOC(=O)C(C)SC1=C(Cl)C(=O)c2ccccc2C1=O. The van der Waals surface area contributed by atoms with Gasteiger partial charge in [0.15, 0.2) is 0 Å². The maximum Gasteiger partial charge on any atom is 0.319 e. The number of hydrogen-bond donors (Lipinski definition) is 0.